The Morgan fingerprint density at radius 1 is 0.569 bits per heavy atom. The molecule has 5 nitrogen and oxygen atoms in total. The number of aromatic nitrogens is 4. The van der Waals surface area contributed by atoms with Gasteiger partial charge in [0, 0.05) is 33.0 Å². The maximum Gasteiger partial charge on any atom is 0.159 e. The van der Waals surface area contributed by atoms with Gasteiger partial charge in [0.05, 0.1) is 45.5 Å². The molecule has 0 saturated heterocycles. The van der Waals surface area contributed by atoms with Crippen molar-refractivity contribution in [2.45, 2.75) is 6.92 Å². The van der Waals surface area contributed by atoms with Gasteiger partial charge in [0.1, 0.15) is 0 Å². The van der Waals surface area contributed by atoms with Crippen LogP contribution < -0.4 is 0 Å². The number of benzene rings is 6. The maximum absolute atomic E-state index is 5.20. The van der Waals surface area contributed by atoms with E-state index in [2.05, 4.69) is 130 Å². The number of aliphatic imine (C=N–C) groups is 1. The summed E-state index contributed by atoms with van der Waals surface area (Å²) in [7, 11) is 0. The van der Waals surface area contributed by atoms with Gasteiger partial charge in [-0.25, -0.2) is 9.97 Å². The number of allylic oxidation sites excluding steroid dienone is 1. The van der Waals surface area contributed by atoms with E-state index >= 15 is 0 Å². The molecular formula is C46H33N5. The summed E-state index contributed by atoms with van der Waals surface area (Å²) in [6.45, 7) is 6.03. The average molecular weight is 656 g/mol. The molecule has 0 bridgehead atoms. The molecule has 3 heterocycles. The van der Waals surface area contributed by atoms with Gasteiger partial charge in [0.2, 0.25) is 0 Å². The molecule has 3 aromatic heterocycles. The molecule has 0 radical (unpaired) electrons. The maximum atomic E-state index is 5.20. The molecular weight excluding hydrogens is 623 g/mol. The quantitative estimate of drug-likeness (QED) is 0.160. The molecule has 0 aliphatic carbocycles. The fourth-order valence-electron chi connectivity index (χ4n) is 7.29. The Bertz CT molecular complexity index is 2760. The highest BCUT2D eigenvalue weighted by Gasteiger charge is 2.22. The molecule has 9 aromatic rings. The smallest absolute Gasteiger partial charge is 0.159 e. The van der Waals surface area contributed by atoms with E-state index in [1.54, 1.807) is 0 Å². The summed E-state index contributed by atoms with van der Waals surface area (Å²) in [5.74, 6) is 0.674. The molecule has 0 aliphatic rings. The molecule has 0 spiro atoms. The van der Waals surface area contributed by atoms with Crippen molar-refractivity contribution in [3.05, 3.63) is 170 Å². The summed E-state index contributed by atoms with van der Waals surface area (Å²) in [5, 5.41) is 3.44. The molecule has 0 fully saturated rings. The molecule has 9 rings (SSSR count). The SMILES string of the molecule is C=Nc1c(/C=C\C)n(-c2cnc(-c3ccccc3)nc2-c2ccccc2)c2cc(-c3ccc4c(c3)c3ccccc3n4-c3ccccc3)ccc12. The molecule has 6 aromatic carbocycles. The topological polar surface area (TPSA) is 48.0 Å². The third kappa shape index (κ3) is 5.06. The van der Waals surface area contributed by atoms with Gasteiger partial charge in [0.25, 0.3) is 0 Å². The highest BCUT2D eigenvalue weighted by Crippen LogP contribution is 2.42. The van der Waals surface area contributed by atoms with E-state index in [0.29, 0.717) is 5.82 Å². The van der Waals surface area contributed by atoms with E-state index in [1.807, 2.05) is 67.7 Å². The fourth-order valence-corrected chi connectivity index (χ4v) is 7.29. The van der Waals surface area contributed by atoms with Crippen LogP contribution in [0, 0.1) is 0 Å². The summed E-state index contributed by atoms with van der Waals surface area (Å²) < 4.78 is 4.58. The lowest BCUT2D eigenvalue weighted by Crippen LogP contribution is -2.04. The molecule has 0 aliphatic heterocycles. The molecule has 5 heteroatoms. The summed E-state index contributed by atoms with van der Waals surface area (Å²) in [4.78, 5) is 14.7. The van der Waals surface area contributed by atoms with Gasteiger partial charge in [-0.1, -0.05) is 115 Å². The highest BCUT2D eigenvalue weighted by molar-refractivity contribution is 6.11. The predicted octanol–water partition coefficient (Wildman–Crippen LogP) is 11.9. The number of fused-ring (bicyclic) bond motifs is 4. The second kappa shape index (κ2) is 12.6. The lowest BCUT2D eigenvalue weighted by molar-refractivity contribution is 1.05. The van der Waals surface area contributed by atoms with Crippen LogP contribution in [-0.2, 0) is 0 Å². The van der Waals surface area contributed by atoms with E-state index < -0.39 is 0 Å². The zero-order chi connectivity index (χ0) is 34.3. The summed E-state index contributed by atoms with van der Waals surface area (Å²) >= 11 is 0. The van der Waals surface area contributed by atoms with Gasteiger partial charge >= 0.3 is 0 Å². The zero-order valence-corrected chi connectivity index (χ0v) is 28.1. The third-order valence-corrected chi connectivity index (χ3v) is 9.57. The van der Waals surface area contributed by atoms with Crippen molar-refractivity contribution in [2.75, 3.05) is 0 Å². The molecule has 0 atom stereocenters. The second-order valence-corrected chi connectivity index (χ2v) is 12.5. The van der Waals surface area contributed by atoms with Crippen LogP contribution >= 0.6 is 0 Å². The Labute approximate surface area is 296 Å². The summed E-state index contributed by atoms with van der Waals surface area (Å²) in [6, 6.07) is 53.0. The van der Waals surface area contributed by atoms with E-state index in [9.17, 15) is 0 Å². The van der Waals surface area contributed by atoms with Crippen LogP contribution in [0.25, 0.3) is 83.9 Å². The molecule has 0 amide bonds. The van der Waals surface area contributed by atoms with Gasteiger partial charge in [-0.05, 0) is 73.3 Å². The van der Waals surface area contributed by atoms with Crippen LogP contribution in [0.2, 0.25) is 0 Å². The van der Waals surface area contributed by atoms with Crippen LogP contribution in [-0.4, -0.2) is 25.8 Å². The Balaban J connectivity index is 1.29. The number of rotatable bonds is 7. The molecule has 51 heavy (non-hydrogen) atoms. The van der Waals surface area contributed by atoms with Crippen LogP contribution in [0.1, 0.15) is 12.6 Å². The summed E-state index contributed by atoms with van der Waals surface area (Å²) in [5.41, 5.74) is 12.2. The first-order valence-electron chi connectivity index (χ1n) is 17.1. The first-order valence-corrected chi connectivity index (χ1v) is 17.1. The minimum Gasteiger partial charge on any atom is -0.309 e. The molecule has 0 unspecified atom stereocenters. The fraction of sp³-hybridized carbons (Fsp3) is 0.0217. The van der Waals surface area contributed by atoms with E-state index in [-0.39, 0.29) is 0 Å². The van der Waals surface area contributed by atoms with E-state index in [4.69, 9.17) is 9.97 Å². The number of nitrogens with zero attached hydrogens (tertiary/aromatic N) is 5. The van der Waals surface area contributed by atoms with Crippen molar-refractivity contribution in [1.29, 1.82) is 0 Å². The third-order valence-electron chi connectivity index (χ3n) is 9.57. The monoisotopic (exact) mass is 655 g/mol. The van der Waals surface area contributed by atoms with Crippen molar-refractivity contribution >= 4 is 51.2 Å². The van der Waals surface area contributed by atoms with Gasteiger partial charge in [-0.2, -0.15) is 0 Å². The predicted molar refractivity (Wildman–Crippen MR) is 213 cm³/mol. The van der Waals surface area contributed by atoms with Gasteiger partial charge in [-0.3, -0.25) is 4.99 Å². The van der Waals surface area contributed by atoms with Crippen molar-refractivity contribution in [1.82, 2.24) is 19.1 Å². The molecule has 242 valence electrons. The zero-order valence-electron chi connectivity index (χ0n) is 28.1. The van der Waals surface area contributed by atoms with Crippen LogP contribution in [0.3, 0.4) is 0 Å². The Hall–Kier alpha value is -6.85. The number of para-hydroxylation sites is 2. The van der Waals surface area contributed by atoms with Crippen molar-refractivity contribution in [3.63, 3.8) is 0 Å². The standard InChI is InChI=1S/C46H33N5/c1-3-15-41-45(47-2)37-26-24-34(33-25-27-40-38(28-33)36-22-13-14-23-39(36)50(40)35-20-11-6-12-21-35)29-42(37)51(41)43-30-48-46(32-18-9-5-10-19-32)49-44(43)31-16-7-4-8-17-31/h3-30H,2H2,1H3/b15-3-. The van der Waals surface area contributed by atoms with Crippen molar-refractivity contribution in [3.8, 4) is 45.1 Å². The lowest BCUT2D eigenvalue weighted by Gasteiger charge is -2.15. The van der Waals surface area contributed by atoms with Gasteiger partial charge < -0.3 is 9.13 Å². The molecule has 0 N–H and O–H groups in total. The van der Waals surface area contributed by atoms with Gasteiger partial charge in [0.15, 0.2) is 5.82 Å². The van der Waals surface area contributed by atoms with Gasteiger partial charge in [-0.15, -0.1) is 0 Å². The number of hydrogen-bond donors (Lipinski definition) is 0. The van der Waals surface area contributed by atoms with Crippen molar-refractivity contribution < 1.29 is 0 Å². The Morgan fingerprint density at radius 2 is 1.22 bits per heavy atom. The second-order valence-electron chi connectivity index (χ2n) is 12.5. The largest absolute Gasteiger partial charge is 0.309 e. The first kappa shape index (κ1) is 30.2. The van der Waals surface area contributed by atoms with E-state index in [0.717, 1.165) is 61.6 Å². The van der Waals surface area contributed by atoms with Crippen LogP contribution in [0.15, 0.2) is 169 Å². The van der Waals surface area contributed by atoms with E-state index in [1.165, 1.54) is 21.8 Å². The first-order chi connectivity index (χ1) is 25.2. The van der Waals surface area contributed by atoms with Crippen molar-refractivity contribution in [2.24, 2.45) is 4.99 Å². The van der Waals surface area contributed by atoms with Crippen LogP contribution in [0.4, 0.5) is 5.69 Å². The minimum absolute atomic E-state index is 0.674. The minimum atomic E-state index is 0.674. The molecule has 0 saturated carbocycles. The summed E-state index contributed by atoms with van der Waals surface area (Å²) in [6.07, 6.45) is 6.07. The highest BCUT2D eigenvalue weighted by atomic mass is 15.1. The van der Waals surface area contributed by atoms with Crippen LogP contribution in [0.5, 0.6) is 0 Å². The Kier molecular flexibility index (Phi) is 7.44. The number of hydrogen-bond acceptors (Lipinski definition) is 3. The lowest BCUT2D eigenvalue weighted by atomic mass is 10.0. The normalized spacial score (nSPS) is 11.6. The average Bonchev–Trinajstić information content (AvgIpc) is 3.70. The Morgan fingerprint density at radius 3 is 1.96 bits per heavy atom.